The van der Waals surface area contributed by atoms with Gasteiger partial charge in [-0.1, -0.05) is 60.7 Å². The molecule has 0 aliphatic heterocycles. The zero-order chi connectivity index (χ0) is 19.3. The summed E-state index contributed by atoms with van der Waals surface area (Å²) in [6.45, 7) is 0.635. The van der Waals surface area contributed by atoms with Crippen molar-refractivity contribution in [2.75, 3.05) is 0 Å². The summed E-state index contributed by atoms with van der Waals surface area (Å²) in [5, 5.41) is 17.2. The third-order valence-corrected chi connectivity index (χ3v) is 5.42. The van der Waals surface area contributed by atoms with Gasteiger partial charge in [-0.2, -0.15) is 5.10 Å². The molecule has 0 bridgehead atoms. The number of hydrogen-bond donors (Lipinski definition) is 2. The molecule has 4 rings (SSSR count). The Labute approximate surface area is 165 Å². The maximum atomic E-state index is 12.8. The quantitative estimate of drug-likeness (QED) is 0.667. The maximum absolute atomic E-state index is 12.8. The van der Waals surface area contributed by atoms with E-state index >= 15 is 0 Å². The summed E-state index contributed by atoms with van der Waals surface area (Å²) in [6.07, 6.45) is 5.41. The standard InChI is InChI=1S/C23H25N3O2/c27-21-12-19(13-21)22(11-17-7-3-1-4-8-17)25-23(28)20-14-24-26(16-20)15-18-9-5-2-6-10-18/h1-10,14,16,19,21-22,27H,11-13,15H2,(H,25,28)/t19?,21?,22-/m0/s1. The van der Waals surface area contributed by atoms with E-state index in [0.29, 0.717) is 18.0 Å². The molecule has 1 aliphatic rings. The number of nitrogens with zero attached hydrogens (tertiary/aromatic N) is 2. The molecule has 1 aliphatic carbocycles. The van der Waals surface area contributed by atoms with Gasteiger partial charge < -0.3 is 10.4 Å². The molecule has 5 nitrogen and oxygen atoms in total. The topological polar surface area (TPSA) is 67.2 Å². The van der Waals surface area contributed by atoms with Crippen molar-refractivity contribution >= 4 is 5.91 Å². The first-order valence-electron chi connectivity index (χ1n) is 9.76. The number of benzene rings is 2. The number of aliphatic hydroxyl groups is 1. The van der Waals surface area contributed by atoms with Crippen molar-refractivity contribution in [1.29, 1.82) is 0 Å². The van der Waals surface area contributed by atoms with E-state index in [1.807, 2.05) is 48.5 Å². The highest BCUT2D eigenvalue weighted by molar-refractivity contribution is 5.93. The van der Waals surface area contributed by atoms with Gasteiger partial charge in [0.25, 0.3) is 5.91 Å². The second-order valence-corrected chi connectivity index (χ2v) is 7.57. The van der Waals surface area contributed by atoms with Gasteiger partial charge in [0.15, 0.2) is 0 Å². The van der Waals surface area contributed by atoms with Crippen LogP contribution in [0.3, 0.4) is 0 Å². The number of nitrogens with one attached hydrogen (secondary N) is 1. The number of carbonyl (C=O) groups excluding carboxylic acids is 1. The van der Waals surface area contributed by atoms with E-state index in [-0.39, 0.29) is 18.1 Å². The fraction of sp³-hybridized carbons (Fsp3) is 0.304. The van der Waals surface area contributed by atoms with Gasteiger partial charge in [-0.25, -0.2) is 0 Å². The SMILES string of the molecule is O=C(N[C@@H](Cc1ccccc1)C1CC(O)C1)c1cnn(Cc2ccccc2)c1. The Morgan fingerprint density at radius 1 is 1.07 bits per heavy atom. The van der Waals surface area contributed by atoms with E-state index in [1.165, 1.54) is 5.56 Å². The Hall–Kier alpha value is -2.92. The molecule has 28 heavy (non-hydrogen) atoms. The summed E-state index contributed by atoms with van der Waals surface area (Å²) in [6, 6.07) is 20.2. The molecule has 3 aromatic rings. The van der Waals surface area contributed by atoms with Gasteiger partial charge in [0.05, 0.1) is 24.4 Å². The minimum atomic E-state index is -0.242. The predicted molar refractivity (Wildman–Crippen MR) is 108 cm³/mol. The van der Waals surface area contributed by atoms with Crippen molar-refractivity contribution in [3.05, 3.63) is 89.7 Å². The summed E-state index contributed by atoms with van der Waals surface area (Å²) in [5.41, 5.74) is 2.89. The molecule has 1 heterocycles. The van der Waals surface area contributed by atoms with Gasteiger partial charge in [-0.15, -0.1) is 0 Å². The second kappa shape index (κ2) is 8.40. The fourth-order valence-corrected chi connectivity index (χ4v) is 3.75. The molecule has 2 N–H and O–H groups in total. The molecule has 1 atom stereocenters. The Morgan fingerprint density at radius 3 is 2.36 bits per heavy atom. The Morgan fingerprint density at radius 2 is 1.71 bits per heavy atom. The van der Waals surface area contributed by atoms with Crippen LogP contribution in [0, 0.1) is 5.92 Å². The van der Waals surface area contributed by atoms with Crippen LogP contribution >= 0.6 is 0 Å². The van der Waals surface area contributed by atoms with Crippen molar-refractivity contribution in [2.24, 2.45) is 5.92 Å². The molecule has 0 radical (unpaired) electrons. The number of aromatic nitrogens is 2. The van der Waals surface area contributed by atoms with E-state index in [9.17, 15) is 9.90 Å². The largest absolute Gasteiger partial charge is 0.393 e. The molecule has 144 valence electrons. The Kier molecular flexibility index (Phi) is 5.53. The van der Waals surface area contributed by atoms with Crippen molar-refractivity contribution in [1.82, 2.24) is 15.1 Å². The summed E-state index contributed by atoms with van der Waals surface area (Å²) in [4.78, 5) is 12.8. The van der Waals surface area contributed by atoms with E-state index in [0.717, 1.165) is 24.8 Å². The number of hydrogen-bond acceptors (Lipinski definition) is 3. The highest BCUT2D eigenvalue weighted by atomic mass is 16.3. The van der Waals surface area contributed by atoms with Gasteiger partial charge >= 0.3 is 0 Å². The summed E-state index contributed by atoms with van der Waals surface area (Å²) in [5.74, 6) is 0.195. The van der Waals surface area contributed by atoms with E-state index in [2.05, 4.69) is 22.5 Å². The van der Waals surface area contributed by atoms with Gasteiger partial charge in [-0.05, 0) is 36.3 Å². The predicted octanol–water partition coefficient (Wildman–Crippen LogP) is 3.04. The third kappa shape index (κ3) is 4.49. The molecule has 1 fully saturated rings. The number of carbonyl (C=O) groups is 1. The maximum Gasteiger partial charge on any atom is 0.254 e. The van der Waals surface area contributed by atoms with Gasteiger partial charge in [-0.3, -0.25) is 9.48 Å². The fourth-order valence-electron chi connectivity index (χ4n) is 3.75. The first-order chi connectivity index (χ1) is 13.7. The molecule has 1 aromatic heterocycles. The van der Waals surface area contributed by atoms with Crippen molar-refractivity contribution in [3.63, 3.8) is 0 Å². The van der Waals surface area contributed by atoms with Crippen LogP contribution in [-0.2, 0) is 13.0 Å². The van der Waals surface area contributed by atoms with Gasteiger partial charge in [0, 0.05) is 12.2 Å². The summed E-state index contributed by atoms with van der Waals surface area (Å²) < 4.78 is 1.78. The first kappa shape index (κ1) is 18.4. The Bertz CT molecular complexity index is 902. The first-order valence-corrected chi connectivity index (χ1v) is 9.76. The van der Waals surface area contributed by atoms with E-state index in [1.54, 1.807) is 17.1 Å². The number of rotatable bonds is 7. The minimum absolute atomic E-state index is 0.00998. The minimum Gasteiger partial charge on any atom is -0.393 e. The molecule has 0 saturated heterocycles. The average molecular weight is 375 g/mol. The Balaban J connectivity index is 1.42. The highest BCUT2D eigenvalue weighted by Gasteiger charge is 2.35. The molecular weight excluding hydrogens is 350 g/mol. The molecule has 0 spiro atoms. The van der Waals surface area contributed by atoms with Gasteiger partial charge in [0.2, 0.25) is 0 Å². The van der Waals surface area contributed by atoms with Crippen LogP contribution in [0.15, 0.2) is 73.1 Å². The normalized spacial score (nSPS) is 19.6. The zero-order valence-corrected chi connectivity index (χ0v) is 15.7. The molecule has 2 aromatic carbocycles. The van der Waals surface area contributed by atoms with Crippen LogP contribution in [0.1, 0.15) is 34.3 Å². The van der Waals surface area contributed by atoms with Crippen molar-refractivity contribution in [3.8, 4) is 0 Å². The average Bonchev–Trinajstić information content (AvgIpc) is 3.15. The lowest BCUT2D eigenvalue weighted by Crippen LogP contribution is -2.48. The summed E-state index contributed by atoms with van der Waals surface area (Å²) in [7, 11) is 0. The zero-order valence-electron chi connectivity index (χ0n) is 15.7. The smallest absolute Gasteiger partial charge is 0.254 e. The van der Waals surface area contributed by atoms with E-state index in [4.69, 9.17) is 0 Å². The second-order valence-electron chi connectivity index (χ2n) is 7.57. The summed E-state index contributed by atoms with van der Waals surface area (Å²) >= 11 is 0. The molecule has 0 unspecified atom stereocenters. The third-order valence-electron chi connectivity index (χ3n) is 5.42. The highest BCUT2D eigenvalue weighted by Crippen LogP contribution is 2.32. The lowest BCUT2D eigenvalue weighted by Gasteiger charge is -2.38. The van der Waals surface area contributed by atoms with Crippen LogP contribution in [-0.4, -0.2) is 32.9 Å². The van der Waals surface area contributed by atoms with Crippen LogP contribution in [0.25, 0.3) is 0 Å². The van der Waals surface area contributed by atoms with Crippen LogP contribution in [0.5, 0.6) is 0 Å². The van der Waals surface area contributed by atoms with Crippen LogP contribution < -0.4 is 5.32 Å². The molecule has 1 saturated carbocycles. The van der Waals surface area contributed by atoms with Crippen LogP contribution in [0.4, 0.5) is 0 Å². The monoisotopic (exact) mass is 375 g/mol. The van der Waals surface area contributed by atoms with Crippen LogP contribution in [0.2, 0.25) is 0 Å². The van der Waals surface area contributed by atoms with Crippen molar-refractivity contribution in [2.45, 2.75) is 38.0 Å². The van der Waals surface area contributed by atoms with Gasteiger partial charge in [0.1, 0.15) is 0 Å². The van der Waals surface area contributed by atoms with E-state index < -0.39 is 0 Å². The molecular formula is C23H25N3O2. The lowest BCUT2D eigenvalue weighted by molar-refractivity contribution is 0.0239. The number of aliphatic hydroxyl groups excluding tert-OH is 1. The number of amides is 1. The molecule has 5 heteroatoms. The van der Waals surface area contributed by atoms with Crippen molar-refractivity contribution < 1.29 is 9.90 Å². The molecule has 1 amide bonds. The lowest BCUT2D eigenvalue weighted by atomic mass is 9.75.